The molecule has 0 saturated heterocycles. The molecule has 0 radical (unpaired) electrons. The Bertz CT molecular complexity index is 130. The Morgan fingerprint density at radius 1 is 1.25 bits per heavy atom. The lowest BCUT2D eigenvalue weighted by atomic mass is 10.6. The van der Waals surface area contributed by atoms with Gasteiger partial charge in [-0.3, -0.25) is 4.99 Å². The largest absolute Gasteiger partial charge is 0.265 e. The van der Waals surface area contributed by atoms with Crippen molar-refractivity contribution < 1.29 is 0 Å². The second-order valence-corrected chi connectivity index (χ2v) is 1.49. The summed E-state index contributed by atoms with van der Waals surface area (Å²) in [5.41, 5.74) is 0. The van der Waals surface area contributed by atoms with Gasteiger partial charge in [-0.2, -0.15) is 0 Å². The smallest absolute Gasteiger partial charge is 0.138 e. The Morgan fingerprint density at radius 3 is 3.00 bits per heavy atom. The molecule has 8 heavy (non-hydrogen) atoms. The van der Waals surface area contributed by atoms with Gasteiger partial charge in [0.05, 0.1) is 0 Å². The molecule has 0 unspecified atom stereocenters. The first-order valence-electron chi connectivity index (χ1n) is 2.46. The van der Waals surface area contributed by atoms with Crippen LogP contribution in [0.2, 0.25) is 0 Å². The first-order valence-corrected chi connectivity index (χ1v) is 2.46. The molecule has 0 aromatic heterocycles. The molecule has 42 valence electrons. The lowest BCUT2D eigenvalue weighted by Gasteiger charge is -1.90. The van der Waals surface area contributed by atoms with Crippen LogP contribution >= 0.6 is 0 Å². The van der Waals surface area contributed by atoms with Crippen molar-refractivity contribution in [2.45, 2.75) is 13.1 Å². The van der Waals surface area contributed by atoms with Crippen LogP contribution in [0.1, 0.15) is 6.92 Å². The van der Waals surface area contributed by atoms with E-state index in [1.165, 1.54) is 6.34 Å². The van der Waals surface area contributed by atoms with Gasteiger partial charge in [0.15, 0.2) is 0 Å². The summed E-state index contributed by atoms with van der Waals surface area (Å²) in [5, 5.41) is 0. The summed E-state index contributed by atoms with van der Waals surface area (Å²) in [7, 11) is 0. The fourth-order valence-corrected chi connectivity index (χ4v) is 0.413. The number of aliphatic imine (C=N–C) groups is 3. The Morgan fingerprint density at radius 2 is 2.12 bits per heavy atom. The monoisotopic (exact) mass is 109 g/mol. The van der Waals surface area contributed by atoms with Gasteiger partial charge in [0, 0.05) is 12.4 Å². The zero-order chi connectivity index (χ0) is 5.82. The Kier molecular flexibility index (Phi) is 1.51. The molecule has 3 nitrogen and oxygen atoms in total. The van der Waals surface area contributed by atoms with E-state index >= 15 is 0 Å². The Balaban J connectivity index is 2.66. The maximum Gasteiger partial charge on any atom is 0.138 e. The molecule has 3 heteroatoms. The van der Waals surface area contributed by atoms with Crippen LogP contribution in [0.3, 0.4) is 0 Å². The highest BCUT2D eigenvalue weighted by atomic mass is 15.0. The quantitative estimate of drug-likeness (QED) is 0.435. The van der Waals surface area contributed by atoms with Crippen LogP contribution in [0.5, 0.6) is 0 Å². The van der Waals surface area contributed by atoms with Crippen molar-refractivity contribution >= 4 is 18.8 Å². The van der Waals surface area contributed by atoms with E-state index < -0.39 is 0 Å². The minimum Gasteiger partial charge on any atom is -0.265 e. The van der Waals surface area contributed by atoms with E-state index in [-0.39, 0.29) is 6.17 Å². The zero-order valence-corrected chi connectivity index (χ0v) is 4.65. The molecule has 1 aliphatic rings. The lowest BCUT2D eigenvalue weighted by molar-refractivity contribution is 0.805. The average molecular weight is 109 g/mol. The van der Waals surface area contributed by atoms with Gasteiger partial charge in [-0.05, 0) is 6.92 Å². The summed E-state index contributed by atoms with van der Waals surface area (Å²) in [6, 6.07) is 0. The predicted octanol–water partition coefficient (Wildman–Crippen LogP) is 0.516. The van der Waals surface area contributed by atoms with Crippen LogP contribution in [-0.2, 0) is 0 Å². The van der Waals surface area contributed by atoms with E-state index in [2.05, 4.69) is 15.0 Å². The number of rotatable bonds is 0. The van der Waals surface area contributed by atoms with E-state index in [0.717, 1.165) is 0 Å². The molecular weight excluding hydrogens is 102 g/mol. The Labute approximate surface area is 47.9 Å². The van der Waals surface area contributed by atoms with E-state index in [0.29, 0.717) is 0 Å². The second-order valence-electron chi connectivity index (χ2n) is 1.49. The maximum atomic E-state index is 3.95. The molecule has 1 heterocycles. The van der Waals surface area contributed by atoms with Gasteiger partial charge < -0.3 is 0 Å². The summed E-state index contributed by atoms with van der Waals surface area (Å²) in [5.74, 6) is 0. The van der Waals surface area contributed by atoms with Crippen LogP contribution in [0, 0.1) is 0 Å². The predicted molar refractivity (Wildman–Crippen MR) is 34.9 cm³/mol. The van der Waals surface area contributed by atoms with E-state index in [1.54, 1.807) is 12.4 Å². The fraction of sp³-hybridized carbons (Fsp3) is 0.400. The number of hydrogen-bond donors (Lipinski definition) is 0. The summed E-state index contributed by atoms with van der Waals surface area (Å²) in [4.78, 5) is 11.6. The van der Waals surface area contributed by atoms with Gasteiger partial charge in [0.2, 0.25) is 0 Å². The van der Waals surface area contributed by atoms with Gasteiger partial charge in [-0.15, -0.1) is 0 Å². The van der Waals surface area contributed by atoms with Crippen molar-refractivity contribution in [1.82, 2.24) is 0 Å². The molecule has 1 atom stereocenters. The van der Waals surface area contributed by atoms with Crippen LogP contribution in [0.25, 0.3) is 0 Å². The lowest BCUT2D eigenvalue weighted by Crippen LogP contribution is -1.90. The van der Waals surface area contributed by atoms with E-state index in [1.807, 2.05) is 6.92 Å². The average Bonchev–Trinajstić information content (AvgIpc) is 1.94. The summed E-state index contributed by atoms with van der Waals surface area (Å²) >= 11 is 0. The maximum absolute atomic E-state index is 3.95. The molecule has 0 spiro atoms. The number of nitrogens with zero attached hydrogens (tertiary/aromatic N) is 3. The van der Waals surface area contributed by atoms with Crippen LogP contribution in [-0.4, -0.2) is 24.9 Å². The third kappa shape index (κ3) is 1.26. The second kappa shape index (κ2) is 2.35. The highest BCUT2D eigenvalue weighted by Crippen LogP contribution is 1.89. The van der Waals surface area contributed by atoms with Crippen molar-refractivity contribution in [2.75, 3.05) is 0 Å². The molecule has 0 bridgehead atoms. The van der Waals surface area contributed by atoms with Gasteiger partial charge in [-0.1, -0.05) is 0 Å². The SMILES string of the molecule is C[C@@H]1N=CC=NC=N1. The highest BCUT2D eigenvalue weighted by Gasteiger charge is 1.88. The molecule has 0 amide bonds. The molecule has 0 aromatic rings. The van der Waals surface area contributed by atoms with Crippen molar-refractivity contribution in [2.24, 2.45) is 15.0 Å². The first-order chi connectivity index (χ1) is 3.89. The van der Waals surface area contributed by atoms with Crippen molar-refractivity contribution in [3.63, 3.8) is 0 Å². The molecule has 1 rings (SSSR count). The van der Waals surface area contributed by atoms with Crippen LogP contribution in [0.4, 0.5) is 0 Å². The summed E-state index contributed by atoms with van der Waals surface area (Å²) < 4.78 is 0. The molecule has 0 saturated carbocycles. The third-order valence-electron chi connectivity index (χ3n) is 0.804. The normalized spacial score (nSPS) is 25.9. The zero-order valence-electron chi connectivity index (χ0n) is 4.65. The van der Waals surface area contributed by atoms with E-state index in [4.69, 9.17) is 0 Å². The standard InChI is InChI=1S/C5H7N3/c1-5-7-3-2-6-4-8-5/h2-5H,1H3/t5-/m1/s1. The summed E-state index contributed by atoms with van der Waals surface area (Å²) in [6.07, 6.45) is 4.82. The first kappa shape index (κ1) is 5.15. The highest BCUT2D eigenvalue weighted by molar-refractivity contribution is 6.18. The van der Waals surface area contributed by atoms with Gasteiger partial charge >= 0.3 is 0 Å². The molecule has 0 aliphatic carbocycles. The van der Waals surface area contributed by atoms with Crippen molar-refractivity contribution in [3.05, 3.63) is 0 Å². The number of hydrogen-bond acceptors (Lipinski definition) is 3. The molecule has 0 fully saturated rings. The van der Waals surface area contributed by atoms with Gasteiger partial charge in [0.25, 0.3) is 0 Å². The van der Waals surface area contributed by atoms with Crippen molar-refractivity contribution in [3.8, 4) is 0 Å². The fourth-order valence-electron chi connectivity index (χ4n) is 0.413. The minimum absolute atomic E-state index is 0.0394. The Hall–Kier alpha value is -0.990. The summed E-state index contributed by atoms with van der Waals surface area (Å²) in [6.45, 7) is 1.90. The molecular formula is C5H7N3. The van der Waals surface area contributed by atoms with Crippen molar-refractivity contribution in [1.29, 1.82) is 0 Å². The van der Waals surface area contributed by atoms with Crippen LogP contribution in [0.15, 0.2) is 15.0 Å². The van der Waals surface area contributed by atoms with Gasteiger partial charge in [0.1, 0.15) is 12.5 Å². The molecule has 0 N–H and O–H groups in total. The van der Waals surface area contributed by atoms with Crippen LogP contribution < -0.4 is 0 Å². The molecule has 1 aliphatic heterocycles. The van der Waals surface area contributed by atoms with Gasteiger partial charge in [-0.25, -0.2) is 9.98 Å². The van der Waals surface area contributed by atoms with E-state index in [9.17, 15) is 0 Å². The topological polar surface area (TPSA) is 37.1 Å². The third-order valence-corrected chi connectivity index (χ3v) is 0.804. The minimum atomic E-state index is 0.0394. The molecule has 0 aromatic carbocycles.